The fourth-order valence-electron chi connectivity index (χ4n) is 3.20. The Hall–Kier alpha value is -1.47. The van der Waals surface area contributed by atoms with Gasteiger partial charge in [-0.05, 0) is 32.4 Å². The average Bonchev–Trinajstić information content (AvgIpc) is 3.16. The molecule has 3 heterocycles. The van der Waals surface area contributed by atoms with E-state index in [1.807, 2.05) is 4.90 Å². The molecule has 2 aliphatic rings. The molecule has 0 spiro atoms. The van der Waals surface area contributed by atoms with Gasteiger partial charge >= 0.3 is 0 Å². The summed E-state index contributed by atoms with van der Waals surface area (Å²) in [5, 5.41) is 4.04. The molecule has 2 saturated heterocycles. The van der Waals surface area contributed by atoms with Gasteiger partial charge in [-0.2, -0.15) is 5.10 Å². The van der Waals surface area contributed by atoms with Gasteiger partial charge in [0.15, 0.2) is 0 Å². The summed E-state index contributed by atoms with van der Waals surface area (Å²) in [7, 11) is 0. The SMILES string of the molecule is O=C(CCn1cncn1)N1CCCOC(CN2CCCC2)C1. The van der Waals surface area contributed by atoms with Crippen LogP contribution in [0.2, 0.25) is 0 Å². The molecule has 1 atom stereocenters. The van der Waals surface area contributed by atoms with Crippen LogP contribution in [0.4, 0.5) is 0 Å². The summed E-state index contributed by atoms with van der Waals surface area (Å²) >= 11 is 0. The molecule has 7 heteroatoms. The molecule has 1 amide bonds. The van der Waals surface area contributed by atoms with Crippen molar-refractivity contribution in [2.24, 2.45) is 0 Å². The van der Waals surface area contributed by atoms with Crippen molar-refractivity contribution in [3.63, 3.8) is 0 Å². The average molecular weight is 307 g/mol. The molecule has 1 aromatic heterocycles. The van der Waals surface area contributed by atoms with Crippen molar-refractivity contribution >= 4 is 5.91 Å². The molecule has 1 unspecified atom stereocenters. The van der Waals surface area contributed by atoms with Gasteiger partial charge in [0, 0.05) is 32.7 Å². The number of amides is 1. The summed E-state index contributed by atoms with van der Waals surface area (Å²) in [4.78, 5) is 20.7. The van der Waals surface area contributed by atoms with Gasteiger partial charge in [0.05, 0.1) is 12.6 Å². The molecule has 122 valence electrons. The predicted octanol–water partition coefficient (Wildman–Crippen LogP) is 0.382. The second-order valence-electron chi connectivity index (χ2n) is 6.10. The molecule has 0 aromatic carbocycles. The van der Waals surface area contributed by atoms with E-state index in [4.69, 9.17) is 4.74 Å². The molecule has 7 nitrogen and oxygen atoms in total. The molecule has 0 bridgehead atoms. The Balaban J connectivity index is 1.49. The third-order valence-corrected chi connectivity index (χ3v) is 4.38. The van der Waals surface area contributed by atoms with Crippen LogP contribution in [0.15, 0.2) is 12.7 Å². The number of nitrogens with zero attached hydrogens (tertiary/aromatic N) is 5. The number of ether oxygens (including phenoxy) is 1. The van der Waals surface area contributed by atoms with Crippen LogP contribution in [0, 0.1) is 0 Å². The number of carbonyl (C=O) groups is 1. The highest BCUT2D eigenvalue weighted by atomic mass is 16.5. The van der Waals surface area contributed by atoms with E-state index in [9.17, 15) is 4.79 Å². The Morgan fingerprint density at radius 3 is 2.86 bits per heavy atom. The predicted molar refractivity (Wildman–Crippen MR) is 81.3 cm³/mol. The number of aromatic nitrogens is 3. The van der Waals surface area contributed by atoms with Crippen molar-refractivity contribution in [3.05, 3.63) is 12.7 Å². The van der Waals surface area contributed by atoms with E-state index in [1.54, 1.807) is 11.0 Å². The highest BCUT2D eigenvalue weighted by Gasteiger charge is 2.25. The van der Waals surface area contributed by atoms with Crippen LogP contribution in [-0.4, -0.2) is 75.9 Å². The minimum absolute atomic E-state index is 0.149. The molecule has 0 saturated carbocycles. The van der Waals surface area contributed by atoms with Gasteiger partial charge in [-0.15, -0.1) is 0 Å². The number of aryl methyl sites for hydroxylation is 1. The Bertz CT molecular complexity index is 459. The molecule has 1 aromatic rings. The third-order valence-electron chi connectivity index (χ3n) is 4.38. The third kappa shape index (κ3) is 4.27. The highest BCUT2D eigenvalue weighted by molar-refractivity contribution is 5.76. The molecule has 22 heavy (non-hydrogen) atoms. The molecular weight excluding hydrogens is 282 g/mol. The molecule has 3 rings (SSSR count). The monoisotopic (exact) mass is 307 g/mol. The normalized spacial score (nSPS) is 23.6. The van der Waals surface area contributed by atoms with E-state index in [0.29, 0.717) is 19.5 Å². The van der Waals surface area contributed by atoms with Crippen LogP contribution in [0.25, 0.3) is 0 Å². The summed E-state index contributed by atoms with van der Waals surface area (Å²) in [6.07, 6.45) is 7.26. The van der Waals surface area contributed by atoms with Crippen molar-refractivity contribution in [2.75, 3.05) is 39.3 Å². The second kappa shape index (κ2) is 7.69. The number of carbonyl (C=O) groups excluding carboxylic acids is 1. The van der Waals surface area contributed by atoms with Gasteiger partial charge in [0.1, 0.15) is 12.7 Å². The first kappa shape index (κ1) is 15.4. The lowest BCUT2D eigenvalue weighted by Gasteiger charge is -2.27. The Morgan fingerprint density at radius 2 is 2.09 bits per heavy atom. The quantitative estimate of drug-likeness (QED) is 0.787. The fraction of sp³-hybridized carbons (Fsp3) is 0.800. The first-order chi connectivity index (χ1) is 10.8. The van der Waals surface area contributed by atoms with Crippen LogP contribution < -0.4 is 0 Å². The van der Waals surface area contributed by atoms with E-state index < -0.39 is 0 Å². The largest absolute Gasteiger partial charge is 0.375 e. The van der Waals surface area contributed by atoms with Crippen LogP contribution in [0.5, 0.6) is 0 Å². The van der Waals surface area contributed by atoms with E-state index in [1.165, 1.54) is 32.3 Å². The minimum atomic E-state index is 0.149. The van der Waals surface area contributed by atoms with Gasteiger partial charge < -0.3 is 14.5 Å². The Morgan fingerprint density at radius 1 is 1.23 bits per heavy atom. The van der Waals surface area contributed by atoms with Crippen molar-refractivity contribution in [2.45, 2.75) is 38.3 Å². The van der Waals surface area contributed by atoms with Crippen molar-refractivity contribution in [3.8, 4) is 0 Å². The zero-order valence-electron chi connectivity index (χ0n) is 13.1. The first-order valence-electron chi connectivity index (χ1n) is 8.25. The van der Waals surface area contributed by atoms with Gasteiger partial charge in [0.2, 0.25) is 5.91 Å². The molecule has 0 aliphatic carbocycles. The first-order valence-corrected chi connectivity index (χ1v) is 8.25. The van der Waals surface area contributed by atoms with Crippen molar-refractivity contribution in [1.82, 2.24) is 24.6 Å². The maximum Gasteiger partial charge on any atom is 0.224 e. The topological polar surface area (TPSA) is 63.5 Å². The van der Waals surface area contributed by atoms with Gasteiger partial charge in [-0.3, -0.25) is 9.48 Å². The lowest BCUT2D eigenvalue weighted by molar-refractivity contribution is -0.132. The van der Waals surface area contributed by atoms with E-state index >= 15 is 0 Å². The molecule has 2 aliphatic heterocycles. The lowest BCUT2D eigenvalue weighted by atomic mass is 10.2. The lowest BCUT2D eigenvalue weighted by Crippen LogP contribution is -2.42. The van der Waals surface area contributed by atoms with Crippen LogP contribution in [-0.2, 0) is 16.1 Å². The Kier molecular flexibility index (Phi) is 5.39. The minimum Gasteiger partial charge on any atom is -0.375 e. The summed E-state index contributed by atoms with van der Waals surface area (Å²) in [5.74, 6) is 0.187. The number of hydrogen-bond donors (Lipinski definition) is 0. The smallest absolute Gasteiger partial charge is 0.224 e. The number of likely N-dealkylation sites (tertiary alicyclic amines) is 1. The van der Waals surface area contributed by atoms with Crippen molar-refractivity contribution < 1.29 is 9.53 Å². The van der Waals surface area contributed by atoms with E-state index in [0.717, 1.165) is 26.1 Å². The molecular formula is C15H25N5O2. The van der Waals surface area contributed by atoms with Crippen LogP contribution >= 0.6 is 0 Å². The zero-order chi connectivity index (χ0) is 15.2. The summed E-state index contributed by atoms with van der Waals surface area (Å²) in [6, 6.07) is 0. The molecule has 0 radical (unpaired) electrons. The summed E-state index contributed by atoms with van der Waals surface area (Å²) in [5.41, 5.74) is 0. The Labute approximate surface area is 131 Å². The standard InChI is InChI=1S/C15H25N5O2/c21-15(4-8-20-13-16-12-17-20)19-7-3-9-22-14(11-19)10-18-5-1-2-6-18/h12-14H,1-11H2. The van der Waals surface area contributed by atoms with Gasteiger partial charge in [0.25, 0.3) is 0 Å². The van der Waals surface area contributed by atoms with E-state index in [-0.39, 0.29) is 12.0 Å². The van der Waals surface area contributed by atoms with Gasteiger partial charge in [-0.25, -0.2) is 4.98 Å². The highest BCUT2D eigenvalue weighted by Crippen LogP contribution is 2.13. The van der Waals surface area contributed by atoms with Crippen molar-refractivity contribution in [1.29, 1.82) is 0 Å². The maximum atomic E-state index is 12.4. The maximum absolute atomic E-state index is 12.4. The van der Waals surface area contributed by atoms with Crippen LogP contribution in [0.1, 0.15) is 25.7 Å². The van der Waals surface area contributed by atoms with Crippen LogP contribution in [0.3, 0.4) is 0 Å². The number of hydrogen-bond acceptors (Lipinski definition) is 5. The summed E-state index contributed by atoms with van der Waals surface area (Å²) < 4.78 is 7.63. The number of rotatable bonds is 5. The molecule has 0 N–H and O–H groups in total. The zero-order valence-corrected chi connectivity index (χ0v) is 13.1. The fourth-order valence-corrected chi connectivity index (χ4v) is 3.20. The summed E-state index contributed by atoms with van der Waals surface area (Å²) in [6.45, 7) is 6.14. The van der Waals surface area contributed by atoms with E-state index in [2.05, 4.69) is 15.0 Å². The molecule has 2 fully saturated rings. The van der Waals surface area contributed by atoms with Gasteiger partial charge in [-0.1, -0.05) is 0 Å². The second-order valence-corrected chi connectivity index (χ2v) is 6.10.